The first kappa shape index (κ1) is 14.7. The number of ether oxygens (including phenoxy) is 1. The number of piperidine rings is 1. The van der Waals surface area contributed by atoms with Crippen LogP contribution in [0.3, 0.4) is 0 Å². The lowest BCUT2D eigenvalue weighted by atomic mass is 10.0. The van der Waals surface area contributed by atoms with Crippen LogP contribution in [0.2, 0.25) is 0 Å². The van der Waals surface area contributed by atoms with E-state index in [4.69, 9.17) is 9.73 Å². The highest BCUT2D eigenvalue weighted by Gasteiger charge is 2.30. The van der Waals surface area contributed by atoms with Crippen molar-refractivity contribution in [3.63, 3.8) is 0 Å². The van der Waals surface area contributed by atoms with E-state index in [2.05, 4.69) is 16.8 Å². The van der Waals surface area contributed by atoms with E-state index in [1.165, 1.54) is 56.1 Å². The number of hydrogen-bond acceptors (Lipinski definition) is 5. The van der Waals surface area contributed by atoms with Crippen molar-refractivity contribution in [2.24, 2.45) is 4.99 Å². The normalized spacial score (nSPS) is 29.4. The number of amidine groups is 1. The summed E-state index contributed by atoms with van der Waals surface area (Å²) in [5, 5.41) is 1.29. The van der Waals surface area contributed by atoms with E-state index in [1.807, 2.05) is 11.8 Å². The zero-order valence-electron chi connectivity index (χ0n) is 12.6. The molecule has 0 saturated carbocycles. The van der Waals surface area contributed by atoms with E-state index in [0.29, 0.717) is 12.1 Å². The first-order valence-corrected chi connectivity index (χ1v) is 9.05. The molecule has 3 aliphatic heterocycles. The zero-order chi connectivity index (χ0) is 13.8. The Morgan fingerprint density at radius 3 is 2.80 bits per heavy atom. The molecule has 3 aliphatic rings. The van der Waals surface area contributed by atoms with Crippen LogP contribution < -0.4 is 0 Å². The Balaban J connectivity index is 1.66. The van der Waals surface area contributed by atoms with Crippen molar-refractivity contribution in [2.45, 2.75) is 44.2 Å². The van der Waals surface area contributed by atoms with Crippen molar-refractivity contribution in [3.8, 4) is 0 Å². The molecule has 5 heteroatoms. The summed E-state index contributed by atoms with van der Waals surface area (Å²) in [5.74, 6) is 1.23. The quantitative estimate of drug-likeness (QED) is 0.797. The molecule has 4 nitrogen and oxygen atoms in total. The minimum Gasteiger partial charge on any atom is -0.376 e. The maximum absolute atomic E-state index is 5.87. The predicted octanol–water partition coefficient (Wildman–Crippen LogP) is 2.05. The third kappa shape index (κ3) is 3.68. The number of nitrogens with zero attached hydrogens (tertiary/aromatic N) is 3. The molecule has 0 radical (unpaired) electrons. The molecule has 0 amide bonds. The molecule has 3 heterocycles. The summed E-state index contributed by atoms with van der Waals surface area (Å²) in [4.78, 5) is 9.83. The molecule has 2 saturated heterocycles. The topological polar surface area (TPSA) is 28.1 Å². The second-order valence-electron chi connectivity index (χ2n) is 6.19. The number of thioether (sulfide) groups is 1. The fourth-order valence-corrected chi connectivity index (χ4v) is 4.35. The molecule has 0 aromatic heterocycles. The van der Waals surface area contributed by atoms with Gasteiger partial charge in [-0.1, -0.05) is 11.8 Å². The van der Waals surface area contributed by atoms with Gasteiger partial charge in [-0.2, -0.15) is 0 Å². The van der Waals surface area contributed by atoms with Gasteiger partial charge in [-0.25, -0.2) is 0 Å². The summed E-state index contributed by atoms with van der Waals surface area (Å²) in [5.41, 5.74) is 0. The number of aliphatic imine (C=N–C) groups is 1. The standard InChI is InChI=1S/C15H27N3OS/c1-17-8-5-13(6-9-17)18(12-14-4-2-10-19-14)15-16-7-3-11-20-15/h13-14H,2-12H2,1H3. The van der Waals surface area contributed by atoms with Gasteiger partial charge in [-0.05, 0) is 52.2 Å². The van der Waals surface area contributed by atoms with Crippen LogP contribution in [0.25, 0.3) is 0 Å². The van der Waals surface area contributed by atoms with Crippen LogP contribution in [-0.2, 0) is 4.74 Å². The highest BCUT2D eigenvalue weighted by atomic mass is 32.2. The van der Waals surface area contributed by atoms with E-state index in [9.17, 15) is 0 Å². The van der Waals surface area contributed by atoms with Gasteiger partial charge in [0, 0.05) is 31.5 Å². The lowest BCUT2D eigenvalue weighted by Gasteiger charge is -2.40. The molecule has 0 spiro atoms. The zero-order valence-corrected chi connectivity index (χ0v) is 13.4. The molecule has 3 rings (SSSR count). The monoisotopic (exact) mass is 297 g/mol. The van der Waals surface area contributed by atoms with Crippen molar-refractivity contribution in [1.82, 2.24) is 9.80 Å². The molecular weight excluding hydrogens is 270 g/mol. The minimum atomic E-state index is 0.430. The molecule has 114 valence electrons. The summed E-state index contributed by atoms with van der Waals surface area (Å²) >= 11 is 1.96. The Kier molecular flexibility index (Phi) is 5.24. The van der Waals surface area contributed by atoms with Crippen molar-refractivity contribution >= 4 is 16.9 Å². The molecule has 2 fully saturated rings. The van der Waals surface area contributed by atoms with Crippen LogP contribution in [0.5, 0.6) is 0 Å². The van der Waals surface area contributed by atoms with Gasteiger partial charge in [0.15, 0.2) is 5.17 Å². The van der Waals surface area contributed by atoms with Crippen molar-refractivity contribution in [3.05, 3.63) is 0 Å². The highest BCUT2D eigenvalue weighted by Crippen LogP contribution is 2.25. The fraction of sp³-hybridized carbons (Fsp3) is 0.933. The van der Waals surface area contributed by atoms with Crippen LogP contribution in [0, 0.1) is 0 Å². The summed E-state index contributed by atoms with van der Waals surface area (Å²) in [6, 6.07) is 0.666. The maximum atomic E-state index is 5.87. The van der Waals surface area contributed by atoms with E-state index in [0.717, 1.165) is 19.7 Å². The Labute approximate surface area is 126 Å². The van der Waals surface area contributed by atoms with Gasteiger partial charge in [0.05, 0.1) is 6.10 Å². The molecule has 0 aliphatic carbocycles. The SMILES string of the molecule is CN1CCC(N(CC2CCCO2)C2=NCCCS2)CC1. The molecule has 1 unspecified atom stereocenters. The molecule has 0 bridgehead atoms. The third-order valence-electron chi connectivity index (χ3n) is 4.58. The van der Waals surface area contributed by atoms with Crippen LogP contribution in [0.1, 0.15) is 32.1 Å². The third-order valence-corrected chi connectivity index (χ3v) is 5.69. The summed E-state index contributed by atoms with van der Waals surface area (Å²) in [6.07, 6.45) is 6.65. The van der Waals surface area contributed by atoms with Crippen molar-refractivity contribution < 1.29 is 4.74 Å². The van der Waals surface area contributed by atoms with E-state index in [1.54, 1.807) is 0 Å². The fourth-order valence-electron chi connectivity index (χ4n) is 3.32. The second kappa shape index (κ2) is 7.14. The highest BCUT2D eigenvalue weighted by molar-refractivity contribution is 8.13. The van der Waals surface area contributed by atoms with Gasteiger partial charge in [0.1, 0.15) is 0 Å². The molecule has 0 aromatic rings. The molecule has 1 atom stereocenters. The largest absolute Gasteiger partial charge is 0.376 e. The second-order valence-corrected chi connectivity index (χ2v) is 7.25. The average Bonchev–Trinajstić information content (AvgIpc) is 3.00. The molecule has 0 aromatic carbocycles. The number of likely N-dealkylation sites (tertiary alicyclic amines) is 1. The smallest absolute Gasteiger partial charge is 0.159 e. The van der Waals surface area contributed by atoms with Crippen LogP contribution in [0.4, 0.5) is 0 Å². The molecule has 0 N–H and O–H groups in total. The van der Waals surface area contributed by atoms with Gasteiger partial charge in [0.25, 0.3) is 0 Å². The van der Waals surface area contributed by atoms with Gasteiger partial charge in [0.2, 0.25) is 0 Å². The summed E-state index contributed by atoms with van der Waals surface area (Å²) in [6.45, 7) is 5.44. The lowest BCUT2D eigenvalue weighted by Crippen LogP contribution is -2.48. The number of hydrogen-bond donors (Lipinski definition) is 0. The minimum absolute atomic E-state index is 0.430. The van der Waals surface area contributed by atoms with Gasteiger partial charge >= 0.3 is 0 Å². The number of rotatable bonds is 3. The Bertz CT molecular complexity index is 336. The van der Waals surface area contributed by atoms with Gasteiger partial charge < -0.3 is 14.5 Å². The summed E-state index contributed by atoms with van der Waals surface area (Å²) < 4.78 is 5.87. The first-order valence-electron chi connectivity index (χ1n) is 8.07. The molecular formula is C15H27N3OS. The van der Waals surface area contributed by atoms with Crippen LogP contribution >= 0.6 is 11.8 Å². The Morgan fingerprint density at radius 2 is 2.15 bits per heavy atom. The van der Waals surface area contributed by atoms with Crippen LogP contribution in [0.15, 0.2) is 4.99 Å². The van der Waals surface area contributed by atoms with E-state index < -0.39 is 0 Å². The summed E-state index contributed by atoms with van der Waals surface area (Å²) in [7, 11) is 2.23. The lowest BCUT2D eigenvalue weighted by molar-refractivity contribution is 0.0726. The Hall–Kier alpha value is -0.260. The Morgan fingerprint density at radius 1 is 1.30 bits per heavy atom. The predicted molar refractivity (Wildman–Crippen MR) is 85.6 cm³/mol. The maximum Gasteiger partial charge on any atom is 0.159 e. The average molecular weight is 297 g/mol. The van der Waals surface area contributed by atoms with E-state index >= 15 is 0 Å². The van der Waals surface area contributed by atoms with Crippen molar-refractivity contribution in [2.75, 3.05) is 45.6 Å². The van der Waals surface area contributed by atoms with Gasteiger partial charge in [-0.15, -0.1) is 0 Å². The van der Waals surface area contributed by atoms with Gasteiger partial charge in [-0.3, -0.25) is 4.99 Å². The first-order chi connectivity index (χ1) is 9.83. The molecule has 20 heavy (non-hydrogen) atoms. The van der Waals surface area contributed by atoms with Crippen molar-refractivity contribution in [1.29, 1.82) is 0 Å². The van der Waals surface area contributed by atoms with E-state index in [-0.39, 0.29) is 0 Å². The van der Waals surface area contributed by atoms with Crippen LogP contribution in [-0.4, -0.2) is 72.7 Å².